The molecule has 2 rings (SSSR count). The molecule has 3 heteroatoms. The van der Waals surface area contributed by atoms with Crippen LogP contribution in [0.25, 0.3) is 11.1 Å². The van der Waals surface area contributed by atoms with E-state index < -0.39 is 0 Å². The second-order valence-corrected chi connectivity index (χ2v) is 3.58. The molecular weight excluding hydrogens is 186 g/mol. The number of aryl methyl sites for hydroxylation is 2. The topological polar surface area (TPSA) is 43.8 Å². The maximum atomic E-state index is 5.96. The molecule has 0 bridgehead atoms. The van der Waals surface area contributed by atoms with E-state index in [9.17, 15) is 0 Å². The number of nitrogens with two attached hydrogens (primary N) is 1. The monoisotopic (exact) mass is 201 g/mol. The zero-order valence-electron chi connectivity index (χ0n) is 9.07. The Morgan fingerprint density at radius 1 is 1.27 bits per heavy atom. The first-order valence-corrected chi connectivity index (χ1v) is 5.09. The Hall–Kier alpha value is -1.77. The lowest BCUT2D eigenvalue weighted by Crippen LogP contribution is -1.98. The van der Waals surface area contributed by atoms with Gasteiger partial charge in [-0.05, 0) is 17.5 Å². The number of anilines is 1. The third-order valence-corrected chi connectivity index (χ3v) is 2.67. The minimum Gasteiger partial charge on any atom is -0.383 e. The molecule has 1 heterocycles. The maximum absolute atomic E-state index is 5.96. The van der Waals surface area contributed by atoms with Gasteiger partial charge in [0.05, 0.1) is 6.20 Å². The Kier molecular flexibility index (Phi) is 2.46. The van der Waals surface area contributed by atoms with Crippen molar-refractivity contribution >= 4 is 5.82 Å². The van der Waals surface area contributed by atoms with E-state index in [1.54, 1.807) is 4.68 Å². The zero-order valence-corrected chi connectivity index (χ0v) is 9.07. The van der Waals surface area contributed by atoms with Gasteiger partial charge in [0.15, 0.2) is 0 Å². The Balaban J connectivity index is 2.58. The van der Waals surface area contributed by atoms with Crippen LogP contribution in [-0.4, -0.2) is 9.78 Å². The van der Waals surface area contributed by atoms with Crippen LogP contribution in [0.4, 0.5) is 5.82 Å². The highest BCUT2D eigenvalue weighted by molar-refractivity contribution is 5.76. The van der Waals surface area contributed by atoms with Crippen LogP contribution in [0.5, 0.6) is 0 Å². The molecule has 15 heavy (non-hydrogen) atoms. The second-order valence-electron chi connectivity index (χ2n) is 3.58. The predicted octanol–water partition coefficient (Wildman–Crippen LogP) is 2.23. The van der Waals surface area contributed by atoms with Crippen LogP contribution in [0, 0.1) is 0 Å². The first kappa shape index (κ1) is 9.77. The molecule has 0 aliphatic carbocycles. The van der Waals surface area contributed by atoms with Crippen LogP contribution in [0.3, 0.4) is 0 Å². The summed E-state index contributed by atoms with van der Waals surface area (Å²) in [5, 5.41) is 4.16. The SMILES string of the molecule is CCc1ccccc1-c1cnn(C)c1N. The lowest BCUT2D eigenvalue weighted by molar-refractivity contribution is 0.779. The molecule has 0 amide bonds. The van der Waals surface area contributed by atoms with Crippen molar-refractivity contribution in [3.05, 3.63) is 36.0 Å². The quantitative estimate of drug-likeness (QED) is 0.809. The number of nitrogens with zero attached hydrogens (tertiary/aromatic N) is 2. The van der Waals surface area contributed by atoms with Gasteiger partial charge in [0.1, 0.15) is 5.82 Å². The van der Waals surface area contributed by atoms with Gasteiger partial charge >= 0.3 is 0 Å². The minimum atomic E-state index is 0.718. The molecule has 0 saturated carbocycles. The fourth-order valence-corrected chi connectivity index (χ4v) is 1.75. The standard InChI is InChI=1S/C12H15N3/c1-3-9-6-4-5-7-10(9)11-8-14-15(2)12(11)13/h4-8H,3,13H2,1-2H3. The summed E-state index contributed by atoms with van der Waals surface area (Å²) in [5.74, 6) is 0.718. The highest BCUT2D eigenvalue weighted by Gasteiger charge is 2.09. The molecule has 0 saturated heterocycles. The van der Waals surface area contributed by atoms with Crippen molar-refractivity contribution in [2.45, 2.75) is 13.3 Å². The summed E-state index contributed by atoms with van der Waals surface area (Å²) < 4.78 is 1.70. The van der Waals surface area contributed by atoms with Gasteiger partial charge in [0.2, 0.25) is 0 Å². The smallest absolute Gasteiger partial charge is 0.129 e. The van der Waals surface area contributed by atoms with Gasteiger partial charge in [0, 0.05) is 12.6 Å². The molecule has 0 spiro atoms. The van der Waals surface area contributed by atoms with Crippen molar-refractivity contribution in [3.63, 3.8) is 0 Å². The van der Waals surface area contributed by atoms with E-state index in [0.717, 1.165) is 17.8 Å². The van der Waals surface area contributed by atoms with Gasteiger partial charge in [-0.1, -0.05) is 31.2 Å². The van der Waals surface area contributed by atoms with E-state index in [-0.39, 0.29) is 0 Å². The molecule has 0 atom stereocenters. The summed E-state index contributed by atoms with van der Waals surface area (Å²) in [6.45, 7) is 2.14. The van der Waals surface area contributed by atoms with E-state index in [0.29, 0.717) is 0 Å². The van der Waals surface area contributed by atoms with Gasteiger partial charge in [-0.3, -0.25) is 4.68 Å². The molecule has 0 fully saturated rings. The molecule has 2 aromatic rings. The van der Waals surface area contributed by atoms with Crippen molar-refractivity contribution in [2.75, 3.05) is 5.73 Å². The normalized spacial score (nSPS) is 10.5. The van der Waals surface area contributed by atoms with Crippen molar-refractivity contribution in [3.8, 4) is 11.1 Å². The van der Waals surface area contributed by atoms with Gasteiger partial charge in [-0.25, -0.2) is 0 Å². The average Bonchev–Trinajstić information content (AvgIpc) is 2.60. The number of nitrogen functional groups attached to an aromatic ring is 1. The molecule has 0 aliphatic rings. The third-order valence-electron chi connectivity index (χ3n) is 2.67. The van der Waals surface area contributed by atoms with E-state index in [1.807, 2.05) is 19.3 Å². The fraction of sp³-hybridized carbons (Fsp3) is 0.250. The molecule has 1 aromatic carbocycles. The number of aromatic nitrogens is 2. The number of hydrogen-bond acceptors (Lipinski definition) is 2. The molecule has 3 nitrogen and oxygen atoms in total. The van der Waals surface area contributed by atoms with Crippen LogP contribution in [0.2, 0.25) is 0 Å². The van der Waals surface area contributed by atoms with Crippen LogP contribution >= 0.6 is 0 Å². The van der Waals surface area contributed by atoms with E-state index in [4.69, 9.17) is 5.73 Å². The van der Waals surface area contributed by atoms with E-state index in [2.05, 4.69) is 30.2 Å². The Labute approximate surface area is 89.5 Å². The third kappa shape index (κ3) is 1.61. The predicted molar refractivity (Wildman–Crippen MR) is 62.4 cm³/mol. The zero-order chi connectivity index (χ0) is 10.8. The number of rotatable bonds is 2. The first-order chi connectivity index (χ1) is 7.24. The number of benzene rings is 1. The van der Waals surface area contributed by atoms with E-state index >= 15 is 0 Å². The molecule has 1 aromatic heterocycles. The second kappa shape index (κ2) is 3.77. The molecule has 78 valence electrons. The van der Waals surface area contributed by atoms with Crippen LogP contribution in [0.1, 0.15) is 12.5 Å². The Bertz CT molecular complexity index is 471. The average molecular weight is 201 g/mol. The summed E-state index contributed by atoms with van der Waals surface area (Å²) in [7, 11) is 1.85. The summed E-state index contributed by atoms with van der Waals surface area (Å²) in [5.41, 5.74) is 9.47. The minimum absolute atomic E-state index is 0.718. The van der Waals surface area contributed by atoms with E-state index in [1.165, 1.54) is 11.1 Å². The Morgan fingerprint density at radius 3 is 2.60 bits per heavy atom. The van der Waals surface area contributed by atoms with Crippen LogP contribution in [0.15, 0.2) is 30.5 Å². The molecule has 0 aliphatic heterocycles. The highest BCUT2D eigenvalue weighted by atomic mass is 15.3. The molecule has 0 unspecified atom stereocenters. The van der Waals surface area contributed by atoms with Crippen molar-refractivity contribution in [1.29, 1.82) is 0 Å². The molecule has 2 N–H and O–H groups in total. The summed E-state index contributed by atoms with van der Waals surface area (Å²) in [4.78, 5) is 0. The fourth-order valence-electron chi connectivity index (χ4n) is 1.75. The van der Waals surface area contributed by atoms with Gasteiger partial charge in [0.25, 0.3) is 0 Å². The summed E-state index contributed by atoms with van der Waals surface area (Å²) >= 11 is 0. The van der Waals surface area contributed by atoms with Gasteiger partial charge in [-0.2, -0.15) is 5.10 Å². The summed E-state index contributed by atoms with van der Waals surface area (Å²) in [6.07, 6.45) is 2.83. The van der Waals surface area contributed by atoms with Gasteiger partial charge < -0.3 is 5.73 Å². The lowest BCUT2D eigenvalue weighted by Gasteiger charge is -2.06. The van der Waals surface area contributed by atoms with Crippen LogP contribution in [-0.2, 0) is 13.5 Å². The largest absolute Gasteiger partial charge is 0.383 e. The van der Waals surface area contributed by atoms with Crippen molar-refractivity contribution in [2.24, 2.45) is 7.05 Å². The molecular formula is C12H15N3. The first-order valence-electron chi connectivity index (χ1n) is 5.09. The maximum Gasteiger partial charge on any atom is 0.129 e. The highest BCUT2D eigenvalue weighted by Crippen LogP contribution is 2.28. The van der Waals surface area contributed by atoms with Crippen LogP contribution < -0.4 is 5.73 Å². The number of hydrogen-bond donors (Lipinski definition) is 1. The van der Waals surface area contributed by atoms with Gasteiger partial charge in [-0.15, -0.1) is 0 Å². The lowest BCUT2D eigenvalue weighted by atomic mass is 10.0. The Morgan fingerprint density at radius 2 is 2.00 bits per heavy atom. The molecule has 0 radical (unpaired) electrons. The van der Waals surface area contributed by atoms with Crippen molar-refractivity contribution in [1.82, 2.24) is 9.78 Å². The summed E-state index contributed by atoms with van der Waals surface area (Å²) in [6, 6.07) is 8.30. The van der Waals surface area contributed by atoms with Crippen molar-refractivity contribution < 1.29 is 0 Å².